The zero-order chi connectivity index (χ0) is 48.2. The number of aliphatic carboxylic acids is 1. The standard InChI is InChI=1S/C53H82N4O8/c1-12-38(6)50(56(9)53(63)48(36(2)3)54-52(62)49(37(4)5)55(8)32-21-29-47(60)61)45(64-10)35-46(59)57-33-20-27-43(57)51(65-11)39(7)44(58)28-19-26-42(34-41-24-17-14-18-25-41)31-30-40-22-15-13-16-23-40/h13-18,22-25,30-31,36-39,42-43,45,48-51H,12,19-21,26-29,32-35H2,1-11H3,(H,54,62)(H,60,61)/b31-30+/t38-,39-,42?,43-,45+,48-,49-,50-,51+/m0/s1. The first kappa shape index (κ1) is 54.9. The van der Waals surface area contributed by atoms with E-state index in [1.54, 1.807) is 33.2 Å². The van der Waals surface area contributed by atoms with Gasteiger partial charge in [0.05, 0.1) is 36.8 Å². The van der Waals surface area contributed by atoms with E-state index in [4.69, 9.17) is 14.6 Å². The molecule has 1 heterocycles. The largest absolute Gasteiger partial charge is 0.481 e. The highest BCUT2D eigenvalue weighted by Crippen LogP contribution is 2.31. The molecule has 12 heteroatoms. The van der Waals surface area contributed by atoms with Crippen LogP contribution in [-0.4, -0.2) is 127 Å². The lowest BCUT2D eigenvalue weighted by Gasteiger charge is -2.41. The SMILES string of the molecule is CC[C@H](C)[C@@H]([C@@H](CC(=O)N1CCC[C@H]1[C@H](OC)[C@@H](C)C(=O)CCCC(/C=C/c1ccccc1)Cc1ccccc1)OC)N(C)C(=O)[C@@H](NC(=O)[C@H](C(C)C)N(C)CCCC(=O)O)C(C)C. The summed E-state index contributed by atoms with van der Waals surface area (Å²) in [5.74, 6) is -1.95. The second kappa shape index (κ2) is 27.9. The van der Waals surface area contributed by atoms with Crippen molar-refractivity contribution in [3.63, 3.8) is 0 Å². The Morgan fingerprint density at radius 1 is 0.877 bits per heavy atom. The second-order valence-corrected chi connectivity index (χ2v) is 19.1. The maximum absolute atomic E-state index is 14.5. The van der Waals surface area contributed by atoms with Crippen molar-refractivity contribution in [3.8, 4) is 0 Å². The normalized spacial score (nSPS) is 18.0. The topological polar surface area (TPSA) is 146 Å². The summed E-state index contributed by atoms with van der Waals surface area (Å²) in [4.78, 5) is 73.2. The molecule has 9 atom stereocenters. The van der Waals surface area contributed by atoms with Crippen LogP contribution in [0.4, 0.5) is 0 Å². The minimum Gasteiger partial charge on any atom is -0.481 e. The molecule has 65 heavy (non-hydrogen) atoms. The molecule has 1 aliphatic rings. The van der Waals surface area contributed by atoms with Gasteiger partial charge in [0.15, 0.2) is 0 Å². The number of methoxy groups -OCH3 is 2. The van der Waals surface area contributed by atoms with Gasteiger partial charge < -0.3 is 29.7 Å². The molecule has 0 aromatic heterocycles. The fraction of sp³-hybridized carbons (Fsp3) is 0.642. The van der Waals surface area contributed by atoms with Crippen LogP contribution in [0.15, 0.2) is 66.7 Å². The van der Waals surface area contributed by atoms with Gasteiger partial charge in [0, 0.05) is 46.6 Å². The Morgan fingerprint density at radius 2 is 1.52 bits per heavy atom. The predicted octanol–water partition coefficient (Wildman–Crippen LogP) is 8.18. The molecule has 0 spiro atoms. The first-order valence-electron chi connectivity index (χ1n) is 24.1. The molecule has 1 unspecified atom stereocenters. The first-order chi connectivity index (χ1) is 30.9. The van der Waals surface area contributed by atoms with E-state index in [1.165, 1.54) is 5.56 Å². The van der Waals surface area contributed by atoms with Crippen molar-refractivity contribution in [2.45, 2.75) is 149 Å². The van der Waals surface area contributed by atoms with Crippen molar-refractivity contribution in [3.05, 3.63) is 77.9 Å². The fourth-order valence-corrected chi connectivity index (χ4v) is 9.70. The summed E-state index contributed by atoms with van der Waals surface area (Å²) in [7, 11) is 6.73. The van der Waals surface area contributed by atoms with Gasteiger partial charge >= 0.3 is 5.97 Å². The molecule has 0 bridgehead atoms. The lowest BCUT2D eigenvalue weighted by molar-refractivity contribution is -0.148. The molecule has 1 aliphatic heterocycles. The minimum atomic E-state index is -0.886. The number of allylic oxidation sites excluding steroid dienone is 1. The maximum atomic E-state index is 14.5. The van der Waals surface area contributed by atoms with Gasteiger partial charge in [-0.2, -0.15) is 0 Å². The van der Waals surface area contributed by atoms with E-state index in [0.717, 1.165) is 44.1 Å². The van der Waals surface area contributed by atoms with Crippen LogP contribution in [0.5, 0.6) is 0 Å². The van der Waals surface area contributed by atoms with Crippen molar-refractivity contribution >= 4 is 35.6 Å². The number of carbonyl (C=O) groups excluding carboxylic acids is 4. The number of benzene rings is 2. The zero-order valence-electron chi connectivity index (χ0n) is 41.4. The van der Waals surface area contributed by atoms with Gasteiger partial charge in [-0.1, -0.05) is 128 Å². The van der Waals surface area contributed by atoms with Crippen molar-refractivity contribution in [1.29, 1.82) is 0 Å². The van der Waals surface area contributed by atoms with Gasteiger partial charge in [-0.3, -0.25) is 28.9 Å². The molecular weight excluding hydrogens is 821 g/mol. The fourth-order valence-electron chi connectivity index (χ4n) is 9.70. The van der Waals surface area contributed by atoms with Crippen molar-refractivity contribution in [2.24, 2.45) is 29.6 Å². The first-order valence-corrected chi connectivity index (χ1v) is 24.1. The quantitative estimate of drug-likeness (QED) is 0.0826. The molecule has 2 N–H and O–H groups in total. The Labute approximate surface area is 390 Å². The number of Topliss-reactive ketones (excluding diaryl/α,β-unsaturated/α-hetero) is 1. The molecule has 1 saturated heterocycles. The van der Waals surface area contributed by atoms with Gasteiger partial charge in [-0.15, -0.1) is 0 Å². The van der Waals surface area contributed by atoms with Crippen molar-refractivity contribution < 1.29 is 38.6 Å². The number of nitrogens with zero attached hydrogens (tertiary/aromatic N) is 3. The van der Waals surface area contributed by atoms with Crippen LogP contribution in [0.25, 0.3) is 6.08 Å². The highest BCUT2D eigenvalue weighted by Gasteiger charge is 2.43. The van der Waals surface area contributed by atoms with Crippen LogP contribution in [-0.2, 0) is 39.9 Å². The van der Waals surface area contributed by atoms with E-state index in [1.807, 2.05) is 82.5 Å². The Bertz CT molecular complexity index is 1790. The summed E-state index contributed by atoms with van der Waals surface area (Å²) in [5, 5.41) is 12.2. The Kier molecular flexibility index (Phi) is 23.6. The summed E-state index contributed by atoms with van der Waals surface area (Å²) in [5.41, 5.74) is 2.41. The molecule has 3 amide bonds. The number of hydrogen-bond donors (Lipinski definition) is 2. The average molecular weight is 903 g/mol. The van der Waals surface area contributed by atoms with Crippen LogP contribution in [0.2, 0.25) is 0 Å². The maximum Gasteiger partial charge on any atom is 0.303 e. The summed E-state index contributed by atoms with van der Waals surface area (Å²) >= 11 is 0. The van der Waals surface area contributed by atoms with Crippen LogP contribution in [0.1, 0.15) is 117 Å². The molecule has 1 fully saturated rings. The van der Waals surface area contributed by atoms with E-state index in [-0.39, 0.29) is 66.1 Å². The van der Waals surface area contributed by atoms with Gasteiger partial charge in [-0.05, 0) is 86.9 Å². The van der Waals surface area contributed by atoms with E-state index >= 15 is 0 Å². The lowest BCUT2D eigenvalue weighted by Crippen LogP contribution is -2.60. The third-order valence-electron chi connectivity index (χ3n) is 13.6. The number of likely N-dealkylation sites (tertiary alicyclic amines) is 1. The van der Waals surface area contributed by atoms with Crippen LogP contribution < -0.4 is 5.32 Å². The summed E-state index contributed by atoms with van der Waals surface area (Å²) in [6, 6.07) is 18.5. The summed E-state index contributed by atoms with van der Waals surface area (Å²) in [6.07, 6.45) is 8.92. The highest BCUT2D eigenvalue weighted by molar-refractivity contribution is 5.90. The number of amides is 3. The lowest BCUT2D eigenvalue weighted by atomic mass is 9.87. The Hall–Kier alpha value is -4.39. The molecule has 3 rings (SSSR count). The van der Waals surface area contributed by atoms with Crippen LogP contribution in [0, 0.1) is 29.6 Å². The minimum absolute atomic E-state index is 0.00432. The number of carbonyl (C=O) groups is 5. The number of ketones is 1. The Balaban J connectivity index is 1.72. The zero-order valence-corrected chi connectivity index (χ0v) is 41.4. The number of rotatable bonds is 29. The molecule has 12 nitrogen and oxygen atoms in total. The van der Waals surface area contributed by atoms with E-state index in [9.17, 15) is 24.0 Å². The number of ether oxygens (including phenoxy) is 2. The molecular formula is C53H82N4O8. The van der Waals surface area contributed by atoms with E-state index in [2.05, 4.69) is 53.9 Å². The number of carboxylic acid groups (broad SMARTS) is 1. The molecule has 2 aromatic rings. The summed E-state index contributed by atoms with van der Waals surface area (Å²) < 4.78 is 12.2. The predicted molar refractivity (Wildman–Crippen MR) is 259 cm³/mol. The van der Waals surface area contributed by atoms with Gasteiger partial charge in [0.25, 0.3) is 0 Å². The van der Waals surface area contributed by atoms with Gasteiger partial charge in [0.2, 0.25) is 17.7 Å². The number of nitrogens with one attached hydrogen (secondary N) is 1. The average Bonchev–Trinajstić information content (AvgIpc) is 3.77. The third-order valence-corrected chi connectivity index (χ3v) is 13.6. The van der Waals surface area contributed by atoms with Crippen molar-refractivity contribution in [1.82, 2.24) is 20.0 Å². The number of likely N-dealkylation sites (N-methyl/N-ethyl adjacent to an activating group) is 2. The van der Waals surface area contributed by atoms with E-state index < -0.39 is 42.2 Å². The molecule has 2 aromatic carbocycles. The Morgan fingerprint density at radius 3 is 2.09 bits per heavy atom. The molecule has 0 radical (unpaired) electrons. The third kappa shape index (κ3) is 16.8. The molecule has 362 valence electrons. The molecule has 0 saturated carbocycles. The highest BCUT2D eigenvalue weighted by atomic mass is 16.5. The van der Waals surface area contributed by atoms with E-state index in [0.29, 0.717) is 25.9 Å². The molecule has 0 aliphatic carbocycles. The number of carboxylic acids is 1. The van der Waals surface area contributed by atoms with Crippen molar-refractivity contribution in [2.75, 3.05) is 41.4 Å². The van der Waals surface area contributed by atoms with Gasteiger partial charge in [0.1, 0.15) is 11.8 Å². The van der Waals surface area contributed by atoms with Gasteiger partial charge in [-0.25, -0.2) is 0 Å². The van der Waals surface area contributed by atoms with Crippen LogP contribution in [0.3, 0.4) is 0 Å². The second-order valence-electron chi connectivity index (χ2n) is 19.1. The number of hydrogen-bond acceptors (Lipinski definition) is 8. The smallest absolute Gasteiger partial charge is 0.303 e. The van der Waals surface area contributed by atoms with Crippen LogP contribution >= 0.6 is 0 Å². The monoisotopic (exact) mass is 903 g/mol. The summed E-state index contributed by atoms with van der Waals surface area (Å²) in [6.45, 7) is 14.6.